The third kappa shape index (κ3) is 4.89. The molecule has 0 aliphatic carbocycles. The van der Waals surface area contributed by atoms with E-state index in [0.717, 1.165) is 30.5 Å². The molecule has 1 aromatic heterocycles. The lowest BCUT2D eigenvalue weighted by Crippen LogP contribution is -2.28. The predicted molar refractivity (Wildman–Crippen MR) is 99.9 cm³/mol. The van der Waals surface area contributed by atoms with E-state index in [-0.39, 0.29) is 17.5 Å². The van der Waals surface area contributed by atoms with E-state index < -0.39 is 0 Å². The normalized spacial score (nSPS) is 10.4. The van der Waals surface area contributed by atoms with Gasteiger partial charge in [0.25, 0.3) is 11.8 Å². The summed E-state index contributed by atoms with van der Waals surface area (Å²) in [6.45, 7) is 4.80. The number of aromatic nitrogens is 1. The Morgan fingerprint density at radius 3 is 2.64 bits per heavy atom. The molecule has 0 fully saturated rings. The molecule has 2 rings (SSSR count). The van der Waals surface area contributed by atoms with E-state index in [1.807, 2.05) is 31.2 Å². The summed E-state index contributed by atoms with van der Waals surface area (Å²) in [6.07, 6.45) is 4.29. The molecule has 2 amide bonds. The Hall–Kier alpha value is -2.69. The largest absolute Gasteiger partial charge is 0.340 e. The molecule has 1 heterocycles. The van der Waals surface area contributed by atoms with Crippen LogP contribution in [0.3, 0.4) is 0 Å². The van der Waals surface area contributed by atoms with Crippen molar-refractivity contribution in [3.05, 3.63) is 59.4 Å². The van der Waals surface area contributed by atoms with Crippen molar-refractivity contribution in [1.29, 1.82) is 0 Å². The van der Waals surface area contributed by atoms with E-state index in [2.05, 4.69) is 17.2 Å². The highest BCUT2D eigenvalue weighted by atomic mass is 16.2. The molecule has 0 radical (unpaired) electrons. The van der Waals surface area contributed by atoms with Crippen molar-refractivity contribution in [2.45, 2.75) is 33.1 Å². The van der Waals surface area contributed by atoms with Gasteiger partial charge >= 0.3 is 0 Å². The Labute approximate surface area is 149 Å². The Kier molecular flexibility index (Phi) is 6.69. The summed E-state index contributed by atoms with van der Waals surface area (Å²) in [5.41, 5.74) is 2.57. The molecule has 1 aromatic carbocycles. The third-order valence-corrected chi connectivity index (χ3v) is 4.08. The number of carbonyl (C=O) groups excluding carboxylic acids is 2. The Balaban J connectivity index is 2.15. The van der Waals surface area contributed by atoms with Gasteiger partial charge in [0, 0.05) is 31.0 Å². The molecule has 132 valence electrons. The summed E-state index contributed by atoms with van der Waals surface area (Å²) in [4.78, 5) is 30.7. The van der Waals surface area contributed by atoms with E-state index in [1.165, 1.54) is 6.20 Å². The highest BCUT2D eigenvalue weighted by molar-refractivity contribution is 6.06. The first-order chi connectivity index (χ1) is 12.1. The van der Waals surface area contributed by atoms with Gasteiger partial charge in [-0.1, -0.05) is 38.5 Å². The molecule has 0 saturated heterocycles. The summed E-state index contributed by atoms with van der Waals surface area (Å²) in [6, 6.07) is 10.9. The predicted octanol–water partition coefficient (Wildman–Crippen LogP) is 3.77. The monoisotopic (exact) mass is 339 g/mol. The summed E-state index contributed by atoms with van der Waals surface area (Å²) in [7, 11) is 1.75. The molecule has 1 N–H and O–H groups in total. The first kappa shape index (κ1) is 18.6. The van der Waals surface area contributed by atoms with Crippen molar-refractivity contribution < 1.29 is 9.59 Å². The lowest BCUT2D eigenvalue weighted by atomic mass is 10.1. The van der Waals surface area contributed by atoms with E-state index in [0.29, 0.717) is 12.1 Å². The molecule has 0 spiro atoms. The minimum absolute atomic E-state index is 0.169. The maximum Gasteiger partial charge on any atom is 0.272 e. The molecule has 5 nitrogen and oxygen atoms in total. The van der Waals surface area contributed by atoms with Gasteiger partial charge in [0.1, 0.15) is 5.69 Å². The van der Waals surface area contributed by atoms with Crippen LogP contribution in [0.2, 0.25) is 0 Å². The number of para-hydroxylation sites is 1. The second-order valence-electron chi connectivity index (χ2n) is 5.97. The zero-order valence-electron chi connectivity index (χ0n) is 15.1. The number of hydrogen-bond donors (Lipinski definition) is 1. The van der Waals surface area contributed by atoms with Crippen molar-refractivity contribution >= 4 is 17.5 Å². The van der Waals surface area contributed by atoms with Crippen LogP contribution in [0.5, 0.6) is 0 Å². The van der Waals surface area contributed by atoms with Crippen LogP contribution in [0.25, 0.3) is 0 Å². The highest BCUT2D eigenvalue weighted by Crippen LogP contribution is 2.17. The van der Waals surface area contributed by atoms with Crippen molar-refractivity contribution in [2.75, 3.05) is 18.9 Å². The molecule has 0 atom stereocenters. The van der Waals surface area contributed by atoms with Crippen molar-refractivity contribution in [2.24, 2.45) is 0 Å². The first-order valence-electron chi connectivity index (χ1n) is 8.67. The Bertz CT molecular complexity index is 743. The number of hydrogen-bond acceptors (Lipinski definition) is 3. The lowest BCUT2D eigenvalue weighted by molar-refractivity contribution is 0.0787. The zero-order chi connectivity index (χ0) is 18.2. The maximum absolute atomic E-state index is 12.5. The van der Waals surface area contributed by atoms with E-state index in [4.69, 9.17) is 0 Å². The minimum atomic E-state index is -0.242. The van der Waals surface area contributed by atoms with Crippen molar-refractivity contribution in [3.63, 3.8) is 0 Å². The number of amides is 2. The van der Waals surface area contributed by atoms with Crippen LogP contribution >= 0.6 is 0 Å². The van der Waals surface area contributed by atoms with Gasteiger partial charge in [0.15, 0.2) is 0 Å². The van der Waals surface area contributed by atoms with E-state index in [1.54, 1.807) is 24.1 Å². The fourth-order valence-electron chi connectivity index (χ4n) is 2.53. The van der Waals surface area contributed by atoms with Gasteiger partial charge in [0.2, 0.25) is 0 Å². The SMILES string of the molecule is CCCCN(C)C(=O)c1cc(C(=O)Nc2ccccc2CC)ccn1. The van der Waals surface area contributed by atoms with Gasteiger partial charge in [-0.25, -0.2) is 0 Å². The van der Waals surface area contributed by atoms with Gasteiger partial charge in [-0.15, -0.1) is 0 Å². The van der Waals surface area contributed by atoms with Crippen molar-refractivity contribution in [1.82, 2.24) is 9.88 Å². The average Bonchev–Trinajstić information content (AvgIpc) is 2.65. The van der Waals surface area contributed by atoms with Gasteiger partial charge in [-0.3, -0.25) is 14.6 Å². The molecule has 0 saturated carbocycles. The van der Waals surface area contributed by atoms with Gasteiger partial charge < -0.3 is 10.2 Å². The van der Waals surface area contributed by atoms with Crippen LogP contribution in [-0.2, 0) is 6.42 Å². The Morgan fingerprint density at radius 1 is 1.16 bits per heavy atom. The van der Waals surface area contributed by atoms with Gasteiger partial charge in [-0.2, -0.15) is 0 Å². The van der Waals surface area contributed by atoms with Gasteiger partial charge in [0.05, 0.1) is 0 Å². The third-order valence-electron chi connectivity index (χ3n) is 4.08. The fraction of sp³-hybridized carbons (Fsp3) is 0.350. The number of nitrogens with zero attached hydrogens (tertiary/aromatic N) is 2. The molecule has 25 heavy (non-hydrogen) atoms. The minimum Gasteiger partial charge on any atom is -0.340 e. The number of rotatable bonds is 7. The molecule has 0 unspecified atom stereocenters. The summed E-state index contributed by atoms with van der Waals surface area (Å²) < 4.78 is 0. The number of carbonyl (C=O) groups is 2. The van der Waals surface area contributed by atoms with Crippen LogP contribution < -0.4 is 5.32 Å². The molecule has 0 aliphatic rings. The summed E-state index contributed by atoms with van der Waals surface area (Å²) in [5.74, 6) is -0.411. The second-order valence-corrected chi connectivity index (χ2v) is 5.97. The molecule has 0 aliphatic heterocycles. The number of aryl methyl sites for hydroxylation is 1. The standard InChI is InChI=1S/C20H25N3O2/c1-4-6-13-23(3)20(25)18-14-16(11-12-21-18)19(24)22-17-10-8-7-9-15(17)5-2/h7-12,14H,4-6,13H2,1-3H3,(H,22,24). The number of pyridine rings is 1. The molecule has 2 aromatic rings. The quantitative estimate of drug-likeness (QED) is 0.835. The Morgan fingerprint density at radius 2 is 1.92 bits per heavy atom. The summed E-state index contributed by atoms with van der Waals surface area (Å²) >= 11 is 0. The molecular weight excluding hydrogens is 314 g/mol. The second kappa shape index (κ2) is 8.97. The maximum atomic E-state index is 12.5. The fourth-order valence-corrected chi connectivity index (χ4v) is 2.53. The molecule has 5 heteroatoms. The average molecular weight is 339 g/mol. The summed E-state index contributed by atoms with van der Waals surface area (Å²) in [5, 5.41) is 2.92. The number of unbranched alkanes of at least 4 members (excludes halogenated alkanes) is 1. The zero-order valence-corrected chi connectivity index (χ0v) is 15.1. The van der Waals surface area contributed by atoms with Crippen LogP contribution in [0.4, 0.5) is 5.69 Å². The molecular formula is C20H25N3O2. The van der Waals surface area contributed by atoms with E-state index >= 15 is 0 Å². The van der Waals surface area contributed by atoms with Crippen molar-refractivity contribution in [3.8, 4) is 0 Å². The highest BCUT2D eigenvalue weighted by Gasteiger charge is 2.15. The molecule has 0 bridgehead atoms. The van der Waals surface area contributed by atoms with Crippen LogP contribution in [0, 0.1) is 0 Å². The number of nitrogens with one attached hydrogen (secondary N) is 1. The van der Waals surface area contributed by atoms with Crippen LogP contribution in [-0.4, -0.2) is 35.3 Å². The first-order valence-corrected chi connectivity index (χ1v) is 8.67. The van der Waals surface area contributed by atoms with Crippen LogP contribution in [0.1, 0.15) is 53.1 Å². The van der Waals surface area contributed by atoms with E-state index in [9.17, 15) is 9.59 Å². The van der Waals surface area contributed by atoms with Crippen LogP contribution in [0.15, 0.2) is 42.6 Å². The smallest absolute Gasteiger partial charge is 0.272 e. The number of benzene rings is 1. The number of anilines is 1. The van der Waals surface area contributed by atoms with Gasteiger partial charge in [-0.05, 0) is 36.6 Å². The lowest BCUT2D eigenvalue weighted by Gasteiger charge is -2.16. The topological polar surface area (TPSA) is 62.3 Å².